The number of ether oxygens (including phenoxy) is 6. The summed E-state index contributed by atoms with van der Waals surface area (Å²) in [5.74, 6) is 1.64. The van der Waals surface area contributed by atoms with Crippen molar-refractivity contribution >= 4 is 5.97 Å². The molecule has 1 aliphatic carbocycles. The molecule has 1 saturated carbocycles. The first kappa shape index (κ1) is 24.6. The van der Waals surface area contributed by atoms with Gasteiger partial charge in [0.25, 0.3) is 0 Å². The molecule has 0 amide bonds. The minimum absolute atomic E-state index is 0.0530. The quantitative estimate of drug-likeness (QED) is 0.362. The maximum atomic E-state index is 12.2. The van der Waals surface area contributed by atoms with E-state index in [1.54, 1.807) is 7.11 Å². The average molecular weight is 487 g/mol. The Kier molecular flexibility index (Phi) is 8.27. The zero-order valence-corrected chi connectivity index (χ0v) is 20.7. The molecule has 0 bridgehead atoms. The Morgan fingerprint density at radius 3 is 2.57 bits per heavy atom. The first-order valence-electron chi connectivity index (χ1n) is 13.3. The zero-order valence-electron chi connectivity index (χ0n) is 20.7. The summed E-state index contributed by atoms with van der Waals surface area (Å²) in [6.45, 7) is 1.45. The summed E-state index contributed by atoms with van der Waals surface area (Å²) in [5, 5.41) is 0. The second-order valence-electron chi connectivity index (χ2n) is 10.00. The van der Waals surface area contributed by atoms with Gasteiger partial charge in [-0.2, -0.15) is 0 Å². The van der Waals surface area contributed by atoms with E-state index >= 15 is 0 Å². The number of esters is 1. The van der Waals surface area contributed by atoms with Gasteiger partial charge in [-0.05, 0) is 62.7 Å². The Morgan fingerprint density at radius 2 is 1.83 bits per heavy atom. The number of aryl methyl sites for hydroxylation is 1. The molecule has 192 valence electrons. The lowest BCUT2D eigenvalue weighted by molar-refractivity contribution is -0.201. The van der Waals surface area contributed by atoms with Crippen LogP contribution in [0.1, 0.15) is 63.4 Å². The maximum Gasteiger partial charge on any atom is 0.306 e. The third kappa shape index (κ3) is 6.01. The van der Waals surface area contributed by atoms with E-state index in [9.17, 15) is 4.79 Å². The Balaban J connectivity index is 1.37. The van der Waals surface area contributed by atoms with E-state index in [-0.39, 0.29) is 42.6 Å². The molecule has 0 aromatic heterocycles. The van der Waals surface area contributed by atoms with Gasteiger partial charge in [-0.15, -0.1) is 0 Å². The number of hydrogen-bond acceptors (Lipinski definition) is 7. The lowest BCUT2D eigenvalue weighted by Gasteiger charge is -2.33. The molecule has 7 nitrogen and oxygen atoms in total. The first-order chi connectivity index (χ1) is 17.2. The number of hydrogen-bond donors (Lipinski definition) is 0. The lowest BCUT2D eigenvalue weighted by Crippen LogP contribution is -2.34. The topological polar surface area (TPSA) is 72.5 Å². The largest absolute Gasteiger partial charge is 0.496 e. The second-order valence-corrected chi connectivity index (χ2v) is 10.00. The van der Waals surface area contributed by atoms with E-state index < -0.39 is 0 Å². The number of fused-ring (bicyclic) bond motifs is 1. The number of allylic oxidation sites excluding steroid dienone is 1. The van der Waals surface area contributed by atoms with Crippen molar-refractivity contribution in [3.63, 3.8) is 0 Å². The van der Waals surface area contributed by atoms with Crippen LogP contribution in [0.25, 0.3) is 0 Å². The van der Waals surface area contributed by atoms with Crippen LogP contribution in [0.3, 0.4) is 0 Å². The SMILES string of the molecule is COc1ccccc1CC/C=C(/OC1CCCCO1)[C@@H]1[C@H]2CC(=O)O[C@H]2C[C@@H]1OC1CCCCO1. The molecule has 2 unspecified atom stereocenters. The Hall–Kier alpha value is -2.09. The molecule has 3 saturated heterocycles. The molecular formula is C28H38O7. The van der Waals surface area contributed by atoms with Crippen molar-refractivity contribution in [3.05, 3.63) is 41.7 Å². The van der Waals surface area contributed by atoms with Gasteiger partial charge < -0.3 is 28.4 Å². The highest BCUT2D eigenvalue weighted by Gasteiger charge is 2.53. The summed E-state index contributed by atoms with van der Waals surface area (Å²) >= 11 is 0. The summed E-state index contributed by atoms with van der Waals surface area (Å²) < 4.78 is 36.1. The number of carbonyl (C=O) groups is 1. The molecule has 7 heteroatoms. The molecule has 1 aromatic carbocycles. The molecule has 0 spiro atoms. The van der Waals surface area contributed by atoms with E-state index in [2.05, 4.69) is 12.1 Å². The van der Waals surface area contributed by atoms with Crippen molar-refractivity contribution in [1.82, 2.24) is 0 Å². The monoisotopic (exact) mass is 486 g/mol. The number of carbonyl (C=O) groups excluding carboxylic acids is 1. The minimum Gasteiger partial charge on any atom is -0.496 e. The van der Waals surface area contributed by atoms with E-state index in [0.29, 0.717) is 19.4 Å². The Labute approximate surface area is 208 Å². The van der Waals surface area contributed by atoms with Gasteiger partial charge in [0, 0.05) is 31.3 Å². The van der Waals surface area contributed by atoms with Crippen LogP contribution < -0.4 is 4.74 Å². The second kappa shape index (κ2) is 11.8. The molecular weight excluding hydrogens is 448 g/mol. The van der Waals surface area contributed by atoms with Crippen LogP contribution >= 0.6 is 0 Å². The van der Waals surface area contributed by atoms with E-state index in [1.807, 2.05) is 18.2 Å². The smallest absolute Gasteiger partial charge is 0.306 e. The lowest BCUT2D eigenvalue weighted by atomic mass is 9.89. The van der Waals surface area contributed by atoms with Crippen molar-refractivity contribution in [2.24, 2.45) is 11.8 Å². The molecule has 6 atom stereocenters. The third-order valence-corrected chi connectivity index (χ3v) is 7.64. The van der Waals surface area contributed by atoms with Crippen molar-refractivity contribution in [1.29, 1.82) is 0 Å². The van der Waals surface area contributed by atoms with Crippen LogP contribution in [0.5, 0.6) is 5.75 Å². The highest BCUT2D eigenvalue weighted by molar-refractivity contribution is 5.72. The number of para-hydroxylation sites is 1. The maximum absolute atomic E-state index is 12.2. The van der Waals surface area contributed by atoms with Crippen molar-refractivity contribution in [3.8, 4) is 5.75 Å². The molecule has 3 aliphatic heterocycles. The summed E-state index contributed by atoms with van der Waals surface area (Å²) in [6.07, 6.45) is 10.3. The predicted molar refractivity (Wildman–Crippen MR) is 129 cm³/mol. The summed E-state index contributed by atoms with van der Waals surface area (Å²) in [7, 11) is 1.70. The molecule has 4 fully saturated rings. The fraction of sp³-hybridized carbons (Fsp3) is 0.679. The molecule has 3 heterocycles. The predicted octanol–water partition coefficient (Wildman–Crippen LogP) is 4.92. The van der Waals surface area contributed by atoms with Gasteiger partial charge in [-0.1, -0.05) is 18.2 Å². The molecule has 0 N–H and O–H groups in total. The van der Waals surface area contributed by atoms with Gasteiger partial charge in [-0.25, -0.2) is 0 Å². The molecule has 4 aliphatic rings. The highest BCUT2D eigenvalue weighted by Crippen LogP contribution is 2.47. The standard InChI is InChI=1S/C28H38O7/c1-30-21-11-3-2-9-19(21)10-8-12-22(34-26-13-4-6-15-31-26)28-20-17-25(29)33-23(20)18-24(28)35-27-14-5-7-16-32-27/h2-3,9,11-12,20,23-24,26-28H,4-8,10,13-18H2,1H3/b22-12+/t20-,23-,24-,26?,27?,28-/m0/s1. The third-order valence-electron chi connectivity index (χ3n) is 7.64. The van der Waals surface area contributed by atoms with Crippen LogP contribution in [-0.2, 0) is 34.9 Å². The van der Waals surface area contributed by atoms with Gasteiger partial charge in [-0.3, -0.25) is 4.79 Å². The summed E-state index contributed by atoms with van der Waals surface area (Å²) in [4.78, 5) is 12.2. The van der Waals surface area contributed by atoms with E-state index in [4.69, 9.17) is 28.4 Å². The Morgan fingerprint density at radius 1 is 1.06 bits per heavy atom. The number of methoxy groups -OCH3 is 1. The van der Waals surface area contributed by atoms with Crippen LogP contribution in [-0.4, -0.2) is 51.1 Å². The van der Waals surface area contributed by atoms with Gasteiger partial charge in [0.1, 0.15) is 17.6 Å². The van der Waals surface area contributed by atoms with Crippen LogP contribution in [0.15, 0.2) is 36.1 Å². The molecule has 0 radical (unpaired) electrons. The average Bonchev–Trinajstić information content (AvgIpc) is 3.40. The summed E-state index contributed by atoms with van der Waals surface area (Å²) in [5.41, 5.74) is 1.16. The van der Waals surface area contributed by atoms with Crippen molar-refractivity contribution in [2.75, 3.05) is 20.3 Å². The first-order valence-corrected chi connectivity index (χ1v) is 13.3. The van der Waals surface area contributed by atoms with Crippen LogP contribution in [0.4, 0.5) is 0 Å². The van der Waals surface area contributed by atoms with Crippen LogP contribution in [0.2, 0.25) is 0 Å². The minimum atomic E-state index is -0.259. The fourth-order valence-electron chi connectivity index (χ4n) is 5.91. The molecule has 5 rings (SSSR count). The van der Waals surface area contributed by atoms with Crippen molar-refractivity contribution in [2.45, 2.75) is 89.0 Å². The highest BCUT2D eigenvalue weighted by atomic mass is 16.7. The van der Waals surface area contributed by atoms with Crippen LogP contribution in [0, 0.1) is 11.8 Å². The fourth-order valence-corrected chi connectivity index (χ4v) is 5.91. The van der Waals surface area contributed by atoms with Crippen molar-refractivity contribution < 1.29 is 33.2 Å². The van der Waals surface area contributed by atoms with Gasteiger partial charge in [0.05, 0.1) is 26.2 Å². The number of rotatable bonds is 9. The molecule has 35 heavy (non-hydrogen) atoms. The molecule has 1 aromatic rings. The normalized spacial score (nSPS) is 33.3. The van der Waals surface area contributed by atoms with Gasteiger partial charge in [0.2, 0.25) is 0 Å². The Bertz CT molecular complexity index is 872. The van der Waals surface area contributed by atoms with Gasteiger partial charge >= 0.3 is 5.97 Å². The summed E-state index contributed by atoms with van der Waals surface area (Å²) in [6, 6.07) is 8.10. The van der Waals surface area contributed by atoms with E-state index in [0.717, 1.165) is 75.0 Å². The number of benzene rings is 1. The zero-order chi connectivity index (χ0) is 24.0. The van der Waals surface area contributed by atoms with Gasteiger partial charge in [0.15, 0.2) is 12.6 Å². The van der Waals surface area contributed by atoms with E-state index in [1.165, 1.54) is 0 Å².